The second-order valence-corrected chi connectivity index (χ2v) is 9.50. The number of hydrogen-bond acceptors (Lipinski definition) is 0. The van der Waals surface area contributed by atoms with E-state index in [9.17, 15) is 13.7 Å². The van der Waals surface area contributed by atoms with Crippen molar-refractivity contribution in [2.24, 2.45) is 0 Å². The summed E-state index contributed by atoms with van der Waals surface area (Å²) in [6.45, 7) is 0. The van der Waals surface area contributed by atoms with Crippen molar-refractivity contribution in [2.75, 3.05) is 0 Å². The van der Waals surface area contributed by atoms with Crippen LogP contribution in [0.25, 0.3) is 87.2 Å². The van der Waals surface area contributed by atoms with Gasteiger partial charge in [-0.05, 0) is 105 Å². The van der Waals surface area contributed by atoms with Crippen molar-refractivity contribution in [3.63, 3.8) is 0 Å². The molecule has 0 unspecified atom stereocenters. The minimum absolute atomic E-state index is 0.581. The van der Waals surface area contributed by atoms with Gasteiger partial charge in [0.25, 0.3) is 0 Å². The Kier molecular flexibility index (Phi) is 2.18. The van der Waals surface area contributed by atoms with Gasteiger partial charge in [0.1, 0.15) is 0 Å². The predicted molar refractivity (Wildman–Crippen MR) is 190 cm³/mol. The lowest BCUT2D eigenvalue weighted by Crippen LogP contribution is -1.93. The molecule has 0 amide bonds. The van der Waals surface area contributed by atoms with Crippen molar-refractivity contribution in [2.45, 2.75) is 0 Å². The van der Waals surface area contributed by atoms with E-state index in [1.807, 2.05) is 0 Å². The van der Waals surface area contributed by atoms with Crippen LogP contribution in [-0.2, 0) is 0 Å². The molecule has 9 aromatic rings. The zero-order valence-electron chi connectivity index (χ0n) is 50.0. The number of hydrogen-bond donors (Lipinski definition) is 0. The molecular formula is C44H28. The monoisotopic (exact) mass is 584 g/mol. The lowest BCUT2D eigenvalue weighted by molar-refractivity contribution is 1.64. The summed E-state index contributed by atoms with van der Waals surface area (Å²) in [7, 11) is 0. The average molecular weight is 585 g/mol. The summed E-state index contributed by atoms with van der Waals surface area (Å²) >= 11 is 0. The molecule has 0 aliphatic rings. The van der Waals surface area contributed by atoms with Gasteiger partial charge in [-0.15, -0.1) is 0 Å². The van der Waals surface area contributed by atoms with E-state index in [0.717, 1.165) is 0 Å². The summed E-state index contributed by atoms with van der Waals surface area (Å²) in [5, 5.41) is -7.24. The fourth-order valence-corrected chi connectivity index (χ4v) is 5.28. The minimum Gasteiger partial charge on any atom is -0.0622 e. The molecule has 0 saturated carbocycles. The Hall–Kier alpha value is -5.72. The SMILES string of the molecule is [2H]c1c([2H])c([2H])c(-c2c([2H])c([2H])c3c(-c4c([2H])c5c([2H])c([2H])c([2H])c([2H])c5c5c([2H])c([2H])c([2H])c([2H])c45)c4c([2H])c([2H])c([2H])c([2H])c4c(-c4c([2H])c([2H])c5c([2H])c([2H])c([2H])c([2H])c5c4[2H])c3c2[2H])c([2H])c1[2H]. The summed E-state index contributed by atoms with van der Waals surface area (Å²) < 4.78 is 253. The Morgan fingerprint density at radius 2 is 0.841 bits per heavy atom. The Bertz CT molecular complexity index is 4090. The molecule has 0 aliphatic heterocycles. The normalized spacial score (nSPS) is 20.5. The maximum absolute atomic E-state index is 10.1. The minimum atomic E-state index is -1.12. The molecule has 0 aliphatic carbocycles. The van der Waals surface area contributed by atoms with E-state index >= 15 is 0 Å². The van der Waals surface area contributed by atoms with Gasteiger partial charge in [-0.3, -0.25) is 0 Å². The van der Waals surface area contributed by atoms with Crippen LogP contribution < -0.4 is 0 Å². The molecule has 0 bridgehead atoms. The smallest absolute Gasteiger partial charge is 0.0622 e. The van der Waals surface area contributed by atoms with Crippen LogP contribution >= 0.6 is 0 Å². The maximum Gasteiger partial charge on any atom is 0.0636 e. The van der Waals surface area contributed by atoms with Crippen LogP contribution in [0.5, 0.6) is 0 Å². The third-order valence-electron chi connectivity index (χ3n) is 7.12. The van der Waals surface area contributed by atoms with Gasteiger partial charge in [0.15, 0.2) is 0 Å². The summed E-state index contributed by atoms with van der Waals surface area (Å²) in [5.74, 6) is 0. The maximum atomic E-state index is 10.1. The first-order valence-electron chi connectivity index (χ1n) is 27.0. The van der Waals surface area contributed by atoms with Gasteiger partial charge in [0.2, 0.25) is 0 Å². The molecule has 204 valence electrons. The third kappa shape index (κ3) is 3.85. The quantitative estimate of drug-likeness (QED) is 0.143. The van der Waals surface area contributed by atoms with Crippen LogP contribution in [0.3, 0.4) is 0 Å². The Morgan fingerprint density at radius 3 is 1.64 bits per heavy atom. The molecule has 0 atom stereocenters. The highest BCUT2D eigenvalue weighted by molar-refractivity contribution is 6.26. The molecule has 0 heterocycles. The molecule has 44 heavy (non-hydrogen) atoms. The molecule has 0 heteroatoms. The van der Waals surface area contributed by atoms with Crippen molar-refractivity contribution in [3.8, 4) is 33.4 Å². The van der Waals surface area contributed by atoms with Crippen LogP contribution in [0.1, 0.15) is 38.4 Å². The largest absolute Gasteiger partial charge is 0.0636 e. The second-order valence-electron chi connectivity index (χ2n) is 9.50. The van der Waals surface area contributed by atoms with Gasteiger partial charge in [-0.2, -0.15) is 0 Å². The lowest BCUT2D eigenvalue weighted by atomic mass is 9.83. The lowest BCUT2D eigenvalue weighted by Gasteiger charge is -2.20. The van der Waals surface area contributed by atoms with Gasteiger partial charge in [-0.1, -0.05) is 151 Å². The number of fused-ring (bicyclic) bond motifs is 6. The van der Waals surface area contributed by atoms with Crippen LogP contribution in [0.2, 0.25) is 0 Å². The van der Waals surface area contributed by atoms with Crippen molar-refractivity contribution in [1.29, 1.82) is 0 Å². The van der Waals surface area contributed by atoms with E-state index in [2.05, 4.69) is 0 Å². The van der Waals surface area contributed by atoms with Crippen molar-refractivity contribution in [1.82, 2.24) is 0 Å². The average Bonchev–Trinajstić information content (AvgIpc) is 3.35. The topological polar surface area (TPSA) is 0 Å². The first-order chi connectivity index (χ1) is 33.5. The van der Waals surface area contributed by atoms with Crippen molar-refractivity contribution >= 4 is 53.9 Å². The first kappa shape index (κ1) is 9.64. The number of benzene rings is 9. The molecule has 0 radical (unpaired) electrons. The zero-order valence-corrected chi connectivity index (χ0v) is 22.0. The summed E-state index contributed by atoms with van der Waals surface area (Å²) in [4.78, 5) is 0. The van der Waals surface area contributed by atoms with Gasteiger partial charge < -0.3 is 0 Å². The van der Waals surface area contributed by atoms with E-state index in [1.54, 1.807) is 0 Å². The predicted octanol–water partition coefficient (Wildman–Crippen LogP) is 12.5. The van der Waals surface area contributed by atoms with Crippen molar-refractivity contribution < 1.29 is 38.4 Å². The Morgan fingerprint density at radius 1 is 0.273 bits per heavy atom. The molecule has 0 fully saturated rings. The fourth-order valence-electron chi connectivity index (χ4n) is 5.28. The molecule has 0 N–H and O–H groups in total. The van der Waals surface area contributed by atoms with Gasteiger partial charge >= 0.3 is 0 Å². The first-order valence-corrected chi connectivity index (χ1v) is 13.0. The van der Waals surface area contributed by atoms with E-state index in [1.165, 1.54) is 0 Å². The zero-order chi connectivity index (χ0) is 53.4. The fraction of sp³-hybridized carbons (Fsp3) is 0. The summed E-state index contributed by atoms with van der Waals surface area (Å²) in [6.07, 6.45) is 0. The van der Waals surface area contributed by atoms with Crippen LogP contribution in [0.4, 0.5) is 0 Å². The highest BCUT2D eigenvalue weighted by Crippen LogP contribution is 2.47. The van der Waals surface area contributed by atoms with Crippen molar-refractivity contribution in [3.05, 3.63) is 169 Å². The molecule has 9 rings (SSSR count). The van der Waals surface area contributed by atoms with Crippen LogP contribution in [0, 0.1) is 0 Å². The molecule has 9 aromatic carbocycles. The van der Waals surface area contributed by atoms with Gasteiger partial charge in [0.05, 0.1) is 38.4 Å². The molecule has 0 spiro atoms. The Labute approximate surface area is 295 Å². The highest BCUT2D eigenvalue weighted by Gasteiger charge is 2.20. The Balaban J connectivity index is 1.76. The third-order valence-corrected chi connectivity index (χ3v) is 7.12. The van der Waals surface area contributed by atoms with Crippen LogP contribution in [-0.4, -0.2) is 0 Å². The molecule has 0 nitrogen and oxygen atoms in total. The summed E-state index contributed by atoms with van der Waals surface area (Å²) in [6, 6.07) is -27.2. The second kappa shape index (κ2) is 9.93. The van der Waals surface area contributed by atoms with E-state index < -0.39 is 256 Å². The van der Waals surface area contributed by atoms with E-state index in [0.29, 0.717) is 0 Å². The van der Waals surface area contributed by atoms with E-state index in [-0.39, 0.29) is 0 Å². The van der Waals surface area contributed by atoms with Gasteiger partial charge in [0, 0.05) is 0 Å². The molecular weight excluding hydrogens is 528 g/mol. The molecule has 0 aromatic heterocycles. The van der Waals surface area contributed by atoms with E-state index in [4.69, 9.17) is 24.7 Å². The van der Waals surface area contributed by atoms with Gasteiger partial charge in [-0.25, -0.2) is 0 Å². The highest BCUT2D eigenvalue weighted by atomic mass is 14.2. The number of rotatable bonds is 3. The molecule has 0 saturated heterocycles. The standard InChI is InChI=1S/C44H28/c1-2-12-29(13-3-1)32-24-25-40-42(27-32)43(34-23-22-30-14-4-5-15-31(30)26-34)38-20-10-11-21-39(38)44(40)41-28-33-16-6-7-17-35(33)36-18-8-9-19-37(36)41/h1-28H/i1D,2D,3D,4D,5D,6D,7D,8D,9D,10D,11D,12D,13D,14D,15D,16D,17D,18D,19D,20D,21D,22D,23D,24D,25D,26D,27D,28D. The van der Waals surface area contributed by atoms with Crippen LogP contribution in [0.15, 0.2) is 169 Å². The summed E-state index contributed by atoms with van der Waals surface area (Å²) in [5.41, 5.74) is -5.02.